The van der Waals surface area contributed by atoms with Crippen molar-refractivity contribution in [1.29, 1.82) is 0 Å². The summed E-state index contributed by atoms with van der Waals surface area (Å²) in [6.07, 6.45) is 0. The number of methoxy groups -OCH3 is 1. The minimum atomic E-state index is -0.681. The number of esters is 1. The largest absolute Gasteiger partial charge is 0.497 e. The quantitative estimate of drug-likeness (QED) is 0.628. The number of amides is 1. The molecule has 0 saturated carbocycles. The Bertz CT molecular complexity index is 1020. The van der Waals surface area contributed by atoms with Crippen LogP contribution in [0, 0.1) is 6.92 Å². The van der Waals surface area contributed by atoms with Gasteiger partial charge in [-0.2, -0.15) is 0 Å². The van der Waals surface area contributed by atoms with Crippen molar-refractivity contribution in [3.8, 4) is 5.75 Å². The number of aryl methyl sites for hydroxylation is 1. The molecule has 0 aliphatic heterocycles. The first kappa shape index (κ1) is 19.5. The second-order valence-electron chi connectivity index (χ2n) is 6.78. The van der Waals surface area contributed by atoms with Gasteiger partial charge in [-0.05, 0) is 42.7 Å². The van der Waals surface area contributed by atoms with Crippen molar-refractivity contribution >= 4 is 28.5 Å². The van der Waals surface area contributed by atoms with E-state index >= 15 is 0 Å². The summed E-state index contributed by atoms with van der Waals surface area (Å²) in [5.74, 6) is -0.0794. The zero-order valence-corrected chi connectivity index (χ0v) is 16.4. The Morgan fingerprint density at radius 1 is 1.14 bits per heavy atom. The number of ether oxygens (including phenoxy) is 2. The van der Waals surface area contributed by atoms with Crippen molar-refractivity contribution in [3.05, 3.63) is 59.4 Å². The van der Waals surface area contributed by atoms with E-state index < -0.39 is 18.5 Å². The maximum atomic E-state index is 12.4. The Balaban J connectivity index is 1.68. The van der Waals surface area contributed by atoms with E-state index in [4.69, 9.17) is 13.9 Å². The minimum absolute atomic E-state index is 0.0821. The monoisotopic (exact) mass is 381 g/mol. The first-order valence-corrected chi connectivity index (χ1v) is 9.03. The summed E-state index contributed by atoms with van der Waals surface area (Å²) in [5, 5.41) is 3.56. The lowest BCUT2D eigenvalue weighted by Gasteiger charge is -2.13. The maximum absolute atomic E-state index is 12.4. The summed E-state index contributed by atoms with van der Waals surface area (Å²) >= 11 is 0. The normalized spacial score (nSPS) is 10.9. The number of nitrogens with one attached hydrogen (secondary N) is 1. The molecule has 146 valence electrons. The molecular formula is C22H23NO5. The van der Waals surface area contributed by atoms with Gasteiger partial charge in [-0.1, -0.05) is 32.0 Å². The number of hydrogen-bond donors (Lipinski definition) is 1. The van der Waals surface area contributed by atoms with Gasteiger partial charge in [-0.15, -0.1) is 0 Å². The Morgan fingerprint density at radius 2 is 1.89 bits per heavy atom. The van der Waals surface area contributed by atoms with Gasteiger partial charge in [0.15, 0.2) is 6.61 Å². The van der Waals surface area contributed by atoms with E-state index in [1.807, 2.05) is 38.1 Å². The number of hydrogen-bond acceptors (Lipinski definition) is 5. The van der Waals surface area contributed by atoms with Crippen LogP contribution in [0.4, 0.5) is 5.69 Å². The van der Waals surface area contributed by atoms with E-state index in [1.54, 1.807) is 32.2 Å². The van der Waals surface area contributed by atoms with Crippen molar-refractivity contribution in [3.63, 3.8) is 0 Å². The van der Waals surface area contributed by atoms with Crippen LogP contribution in [0.5, 0.6) is 5.75 Å². The van der Waals surface area contributed by atoms with Gasteiger partial charge in [-0.25, -0.2) is 4.79 Å². The third-order valence-corrected chi connectivity index (χ3v) is 4.52. The van der Waals surface area contributed by atoms with Crippen LogP contribution in [0.25, 0.3) is 11.0 Å². The van der Waals surface area contributed by atoms with E-state index in [1.165, 1.54) is 0 Å². The molecule has 0 spiro atoms. The lowest BCUT2D eigenvalue weighted by molar-refractivity contribution is -0.119. The minimum Gasteiger partial charge on any atom is -0.497 e. The van der Waals surface area contributed by atoms with E-state index in [2.05, 4.69) is 5.32 Å². The molecule has 2 aromatic carbocycles. The molecule has 0 bridgehead atoms. The summed E-state index contributed by atoms with van der Waals surface area (Å²) in [7, 11) is 1.57. The molecule has 0 atom stereocenters. The molecule has 0 aliphatic carbocycles. The Morgan fingerprint density at radius 3 is 2.61 bits per heavy atom. The predicted octanol–water partition coefficient (Wildman–Crippen LogP) is 4.67. The van der Waals surface area contributed by atoms with Crippen molar-refractivity contribution in [2.75, 3.05) is 19.0 Å². The molecule has 0 radical (unpaired) electrons. The Labute approximate surface area is 163 Å². The molecule has 0 fully saturated rings. The molecule has 1 heterocycles. The van der Waals surface area contributed by atoms with Gasteiger partial charge in [-0.3, -0.25) is 4.79 Å². The fourth-order valence-corrected chi connectivity index (χ4v) is 3.02. The summed E-state index contributed by atoms with van der Waals surface area (Å²) in [6, 6.07) is 12.8. The van der Waals surface area contributed by atoms with Crippen LogP contribution in [-0.2, 0) is 9.53 Å². The highest BCUT2D eigenvalue weighted by Crippen LogP contribution is 2.29. The average molecular weight is 381 g/mol. The number of carbonyl (C=O) groups excluding carboxylic acids is 2. The van der Waals surface area contributed by atoms with Crippen LogP contribution in [-0.4, -0.2) is 25.6 Å². The molecule has 28 heavy (non-hydrogen) atoms. The van der Waals surface area contributed by atoms with Crippen LogP contribution in [0.15, 0.2) is 46.9 Å². The molecule has 6 nitrogen and oxygen atoms in total. The van der Waals surface area contributed by atoms with Crippen molar-refractivity contribution in [1.82, 2.24) is 0 Å². The lowest BCUT2D eigenvalue weighted by atomic mass is 10.0. The first-order chi connectivity index (χ1) is 13.4. The van der Waals surface area contributed by atoms with E-state index in [0.29, 0.717) is 22.6 Å². The molecule has 1 amide bonds. The van der Waals surface area contributed by atoms with Crippen LogP contribution in [0.2, 0.25) is 0 Å². The zero-order chi connectivity index (χ0) is 20.3. The molecule has 6 heteroatoms. The van der Waals surface area contributed by atoms with Gasteiger partial charge in [0.1, 0.15) is 11.3 Å². The molecule has 0 unspecified atom stereocenters. The highest BCUT2D eigenvalue weighted by atomic mass is 16.5. The second-order valence-corrected chi connectivity index (χ2v) is 6.78. The standard InChI is InChI=1S/C22H23NO5/c1-13(2)16-7-5-6-8-18(16)23-20(24)12-27-22(25)21-14(3)17-11-15(26-4)9-10-19(17)28-21/h5-11,13H,12H2,1-4H3,(H,23,24). The topological polar surface area (TPSA) is 77.8 Å². The lowest BCUT2D eigenvalue weighted by Crippen LogP contribution is -2.21. The number of furan rings is 1. The number of fused-ring (bicyclic) bond motifs is 1. The number of anilines is 1. The maximum Gasteiger partial charge on any atom is 0.375 e. The van der Waals surface area contributed by atoms with Crippen molar-refractivity contribution in [2.45, 2.75) is 26.7 Å². The number of para-hydroxylation sites is 1. The zero-order valence-electron chi connectivity index (χ0n) is 16.4. The first-order valence-electron chi connectivity index (χ1n) is 9.03. The van der Waals surface area contributed by atoms with Crippen molar-refractivity contribution < 1.29 is 23.5 Å². The van der Waals surface area contributed by atoms with Gasteiger partial charge < -0.3 is 19.2 Å². The summed E-state index contributed by atoms with van der Waals surface area (Å²) in [6.45, 7) is 5.46. The molecule has 1 N–H and O–H groups in total. The highest BCUT2D eigenvalue weighted by Gasteiger charge is 2.20. The fourth-order valence-electron chi connectivity index (χ4n) is 3.02. The summed E-state index contributed by atoms with van der Waals surface area (Å²) < 4.78 is 16.0. The molecule has 3 aromatic rings. The Hall–Kier alpha value is -3.28. The third-order valence-electron chi connectivity index (χ3n) is 4.52. The third kappa shape index (κ3) is 4.01. The predicted molar refractivity (Wildman–Crippen MR) is 107 cm³/mol. The second kappa shape index (κ2) is 8.17. The number of benzene rings is 2. The van der Waals surface area contributed by atoms with Gasteiger partial charge in [0, 0.05) is 16.6 Å². The van der Waals surface area contributed by atoms with Crippen LogP contribution in [0.1, 0.15) is 41.4 Å². The van der Waals surface area contributed by atoms with E-state index in [9.17, 15) is 9.59 Å². The summed E-state index contributed by atoms with van der Waals surface area (Å²) in [4.78, 5) is 24.6. The van der Waals surface area contributed by atoms with E-state index in [0.717, 1.165) is 10.9 Å². The van der Waals surface area contributed by atoms with E-state index in [-0.39, 0.29) is 11.7 Å². The van der Waals surface area contributed by atoms with Gasteiger partial charge in [0.05, 0.1) is 7.11 Å². The molecular weight excluding hydrogens is 358 g/mol. The van der Waals surface area contributed by atoms with Gasteiger partial charge in [0.2, 0.25) is 5.76 Å². The van der Waals surface area contributed by atoms with Crippen molar-refractivity contribution in [2.24, 2.45) is 0 Å². The SMILES string of the molecule is COc1ccc2oc(C(=O)OCC(=O)Nc3ccccc3C(C)C)c(C)c2c1. The smallest absolute Gasteiger partial charge is 0.375 e. The average Bonchev–Trinajstić information content (AvgIpc) is 3.02. The number of carbonyl (C=O) groups is 2. The van der Waals surface area contributed by atoms with Gasteiger partial charge >= 0.3 is 5.97 Å². The van der Waals surface area contributed by atoms with Gasteiger partial charge in [0.25, 0.3) is 5.91 Å². The summed E-state index contributed by atoms with van der Waals surface area (Å²) in [5.41, 5.74) is 2.93. The molecule has 0 aliphatic rings. The molecule has 1 aromatic heterocycles. The highest BCUT2D eigenvalue weighted by molar-refractivity contribution is 5.98. The van der Waals surface area contributed by atoms with Crippen LogP contribution in [0.3, 0.4) is 0 Å². The molecule has 0 saturated heterocycles. The number of rotatable bonds is 6. The van der Waals surface area contributed by atoms with Crippen LogP contribution < -0.4 is 10.1 Å². The molecule has 3 rings (SSSR count). The Kier molecular flexibility index (Phi) is 5.68. The van der Waals surface area contributed by atoms with Crippen LogP contribution >= 0.6 is 0 Å². The fraction of sp³-hybridized carbons (Fsp3) is 0.273.